The molecule has 118 valence electrons. The van der Waals surface area contributed by atoms with Crippen LogP contribution in [0, 0.1) is 5.92 Å². The molecule has 4 aliphatic rings. The fourth-order valence-electron chi connectivity index (χ4n) is 5.49. The number of nitrogens with one attached hydrogen (secondary N) is 1. The van der Waals surface area contributed by atoms with Crippen LogP contribution >= 0.6 is 0 Å². The number of nitrogens with zero attached hydrogens (tertiary/aromatic N) is 1. The van der Waals surface area contributed by atoms with Gasteiger partial charge in [-0.2, -0.15) is 0 Å². The molecule has 4 nitrogen and oxygen atoms in total. The van der Waals surface area contributed by atoms with Gasteiger partial charge in [0.2, 0.25) is 0 Å². The predicted molar refractivity (Wildman–Crippen MR) is 86.1 cm³/mol. The van der Waals surface area contributed by atoms with Gasteiger partial charge >= 0.3 is 29.6 Å². The molecular weight excluding hydrogens is 311 g/mol. The van der Waals surface area contributed by atoms with E-state index in [1.807, 2.05) is 6.07 Å². The minimum atomic E-state index is -0.179. The summed E-state index contributed by atoms with van der Waals surface area (Å²) in [5, 5.41) is 15.7. The minimum absolute atomic E-state index is 0. The van der Waals surface area contributed by atoms with Gasteiger partial charge in [-0.3, -0.25) is 9.69 Å². The maximum Gasteiger partial charge on any atom is 1.00 e. The number of benzene rings is 1. The molecule has 1 aliphatic carbocycles. The Morgan fingerprint density at radius 3 is 3.00 bits per heavy atom. The Labute approximate surface area is 163 Å². The standard InChI is InChI=1S/C19H20N2O2.Na/c1-2-11-9-21-7-6-19-14-4-3-5-15(23)17(14)20-18(19)13(10-22)12(11)8-16(19)21;/h2-5,10,12,16,20,23H,6-9H2,1H3;/q;+1/p-1/b11-2+;/t12?,16-,19?;/m1./s1. The second-order valence-electron chi connectivity index (χ2n) is 7.11. The second-order valence-corrected chi connectivity index (χ2v) is 7.11. The van der Waals surface area contributed by atoms with Crippen LogP contribution in [0.4, 0.5) is 5.69 Å². The predicted octanol–water partition coefficient (Wildman–Crippen LogP) is -1.07. The average molecular weight is 330 g/mol. The molecule has 1 aromatic rings. The maximum atomic E-state index is 12.3. The molecule has 1 aromatic carbocycles. The third kappa shape index (κ3) is 1.75. The molecule has 0 saturated carbocycles. The summed E-state index contributed by atoms with van der Waals surface area (Å²) in [6.07, 6.45) is 5.16. The van der Waals surface area contributed by atoms with Crippen LogP contribution in [0.25, 0.3) is 0 Å². The van der Waals surface area contributed by atoms with E-state index in [2.05, 4.69) is 29.3 Å². The number of piperidine rings is 1. The Balaban J connectivity index is 0.00000146. The second kappa shape index (κ2) is 5.46. The van der Waals surface area contributed by atoms with Crippen LogP contribution < -0.4 is 40.0 Å². The van der Waals surface area contributed by atoms with Gasteiger partial charge in [0.15, 0.2) is 0 Å². The summed E-state index contributed by atoms with van der Waals surface area (Å²) in [4.78, 5) is 14.5. The number of hydrogen-bond donors (Lipinski definition) is 1. The van der Waals surface area contributed by atoms with Crippen LogP contribution in [-0.4, -0.2) is 30.3 Å². The Bertz CT molecular complexity index is 801. The Hall–Kier alpha value is -1.07. The molecule has 0 radical (unpaired) electrons. The number of carbonyl (C=O) groups excluding carboxylic acids is 1. The van der Waals surface area contributed by atoms with Gasteiger partial charge in [0.1, 0.15) is 6.29 Å². The van der Waals surface area contributed by atoms with Gasteiger partial charge in [0.25, 0.3) is 0 Å². The summed E-state index contributed by atoms with van der Waals surface area (Å²) in [5.41, 5.74) is 4.83. The smallest absolute Gasteiger partial charge is 0.871 e. The number of anilines is 1. The van der Waals surface area contributed by atoms with Crippen LogP contribution in [0.15, 0.2) is 41.1 Å². The first-order valence-corrected chi connectivity index (χ1v) is 8.37. The fraction of sp³-hybridized carbons (Fsp3) is 0.421. The number of para-hydroxylation sites is 1. The molecule has 2 fully saturated rings. The molecule has 2 bridgehead atoms. The third-order valence-electron chi connectivity index (χ3n) is 6.46. The van der Waals surface area contributed by atoms with E-state index < -0.39 is 0 Å². The normalized spacial score (nSPS) is 34.5. The summed E-state index contributed by atoms with van der Waals surface area (Å²) in [5.74, 6) is 0.236. The molecule has 24 heavy (non-hydrogen) atoms. The number of carbonyl (C=O) groups is 1. The van der Waals surface area contributed by atoms with Crippen molar-refractivity contribution in [1.82, 2.24) is 4.90 Å². The van der Waals surface area contributed by atoms with Crippen LogP contribution in [-0.2, 0) is 10.2 Å². The van der Waals surface area contributed by atoms with Gasteiger partial charge in [-0.05, 0) is 25.3 Å². The van der Waals surface area contributed by atoms with E-state index in [1.165, 1.54) is 5.57 Å². The monoisotopic (exact) mass is 330 g/mol. The summed E-state index contributed by atoms with van der Waals surface area (Å²) in [6.45, 7) is 4.03. The van der Waals surface area contributed by atoms with E-state index in [1.54, 1.807) is 6.07 Å². The van der Waals surface area contributed by atoms with E-state index >= 15 is 0 Å². The van der Waals surface area contributed by atoms with Crippen molar-refractivity contribution in [1.29, 1.82) is 0 Å². The third-order valence-corrected chi connectivity index (χ3v) is 6.46. The molecule has 3 heterocycles. The van der Waals surface area contributed by atoms with Gasteiger partial charge in [-0.15, -0.1) is 0 Å². The first-order chi connectivity index (χ1) is 11.2. The zero-order chi connectivity index (χ0) is 15.8. The van der Waals surface area contributed by atoms with Crippen molar-refractivity contribution in [3.05, 3.63) is 46.7 Å². The fourth-order valence-corrected chi connectivity index (χ4v) is 5.49. The van der Waals surface area contributed by atoms with Gasteiger partial charge in [-0.1, -0.05) is 35.6 Å². The topological polar surface area (TPSA) is 55.4 Å². The minimum Gasteiger partial charge on any atom is -0.871 e. The molecule has 2 saturated heterocycles. The molecule has 3 atom stereocenters. The Kier molecular flexibility index (Phi) is 3.73. The first kappa shape index (κ1) is 16.4. The van der Waals surface area contributed by atoms with Crippen molar-refractivity contribution in [3.63, 3.8) is 0 Å². The van der Waals surface area contributed by atoms with Crippen LogP contribution in [0.5, 0.6) is 5.75 Å². The van der Waals surface area contributed by atoms with Gasteiger partial charge in [0, 0.05) is 42.0 Å². The molecule has 5 rings (SSSR count). The molecule has 1 spiro atoms. The van der Waals surface area contributed by atoms with E-state index in [0.717, 1.165) is 49.1 Å². The van der Waals surface area contributed by atoms with Crippen LogP contribution in [0.2, 0.25) is 0 Å². The van der Waals surface area contributed by atoms with Crippen molar-refractivity contribution < 1.29 is 39.5 Å². The molecule has 0 amide bonds. The van der Waals surface area contributed by atoms with Crippen LogP contribution in [0.3, 0.4) is 0 Å². The number of fused-ring (bicyclic) bond motifs is 2. The molecule has 0 aromatic heterocycles. The summed E-state index contributed by atoms with van der Waals surface area (Å²) in [6, 6.07) is 5.94. The van der Waals surface area contributed by atoms with Gasteiger partial charge in [-0.25, -0.2) is 0 Å². The van der Waals surface area contributed by atoms with Crippen LogP contribution in [0.1, 0.15) is 25.3 Å². The summed E-state index contributed by atoms with van der Waals surface area (Å²) < 4.78 is 0. The van der Waals surface area contributed by atoms with Crippen molar-refractivity contribution >= 4 is 12.0 Å². The van der Waals surface area contributed by atoms with E-state index in [-0.39, 0.29) is 46.6 Å². The van der Waals surface area contributed by atoms with E-state index in [4.69, 9.17) is 0 Å². The quantitative estimate of drug-likeness (QED) is 0.405. The van der Waals surface area contributed by atoms with E-state index in [9.17, 15) is 9.90 Å². The molecule has 1 N–H and O–H groups in total. The largest absolute Gasteiger partial charge is 1.00 e. The number of allylic oxidation sites excluding steroid dienone is 2. The van der Waals surface area contributed by atoms with Gasteiger partial charge in [0.05, 0.1) is 5.41 Å². The molecular formula is C19H19N2NaO2. The first-order valence-electron chi connectivity index (χ1n) is 8.37. The maximum absolute atomic E-state index is 12.3. The SMILES string of the molecule is C/C=C1\CN2CCC34C(=C(C=O)C1C[C@@H]23)Nc1c([O-])cccc14.[Na+]. The Morgan fingerprint density at radius 2 is 2.25 bits per heavy atom. The zero-order valence-electron chi connectivity index (χ0n) is 14.1. The van der Waals surface area contributed by atoms with Crippen molar-refractivity contribution in [2.45, 2.75) is 31.2 Å². The summed E-state index contributed by atoms with van der Waals surface area (Å²) in [7, 11) is 0. The number of rotatable bonds is 1. The zero-order valence-corrected chi connectivity index (χ0v) is 16.1. The summed E-state index contributed by atoms with van der Waals surface area (Å²) >= 11 is 0. The molecule has 2 unspecified atom stereocenters. The number of aldehydes is 1. The van der Waals surface area contributed by atoms with Gasteiger partial charge < -0.3 is 10.4 Å². The Morgan fingerprint density at radius 1 is 1.42 bits per heavy atom. The average Bonchev–Trinajstić information content (AvgIpc) is 3.12. The van der Waals surface area contributed by atoms with Crippen molar-refractivity contribution in [2.24, 2.45) is 5.92 Å². The van der Waals surface area contributed by atoms with E-state index in [0.29, 0.717) is 11.7 Å². The van der Waals surface area contributed by atoms with Crippen molar-refractivity contribution in [3.8, 4) is 5.75 Å². The molecule has 5 heteroatoms. The van der Waals surface area contributed by atoms with Crippen molar-refractivity contribution in [2.75, 3.05) is 18.4 Å². The molecule has 3 aliphatic heterocycles. The number of hydrogen-bond acceptors (Lipinski definition) is 4.